The molecule has 5 heterocycles. The number of carbonyl (C=O) groups excluding carboxylic acids is 1. The molecule has 2 saturated heterocycles. The summed E-state index contributed by atoms with van der Waals surface area (Å²) < 4.78 is 36.0. The molecule has 5 aromatic rings. The van der Waals surface area contributed by atoms with Crippen LogP contribution in [0.2, 0.25) is 5.02 Å². The number of alkyl halides is 2. The highest BCUT2D eigenvalue weighted by atomic mass is 35.5. The third kappa shape index (κ3) is 5.71. The number of nitrogens with zero attached hydrogens (tertiary/aromatic N) is 5. The number of carbonyl (C=O) groups is 1. The number of anilines is 2. The zero-order valence-electron chi connectivity index (χ0n) is 29.5. The molecule has 2 amide bonds. The minimum absolute atomic E-state index is 0.00857. The molecule has 3 N–H and O–H groups in total. The summed E-state index contributed by atoms with van der Waals surface area (Å²) in [4.78, 5) is 49.4. The van der Waals surface area contributed by atoms with E-state index < -0.39 is 23.4 Å². The molecule has 15 heteroatoms. The van der Waals surface area contributed by atoms with Crippen molar-refractivity contribution in [3.05, 3.63) is 96.8 Å². The monoisotopic (exact) mass is 742 g/mol. The van der Waals surface area contributed by atoms with Crippen molar-refractivity contribution < 1.29 is 18.3 Å². The Morgan fingerprint density at radius 2 is 1.79 bits per heavy atom. The molecule has 53 heavy (non-hydrogen) atoms. The van der Waals surface area contributed by atoms with Gasteiger partial charge >= 0.3 is 11.7 Å². The van der Waals surface area contributed by atoms with Crippen LogP contribution in [0.4, 0.5) is 25.1 Å². The third-order valence-corrected chi connectivity index (χ3v) is 11.4. The predicted molar refractivity (Wildman–Crippen MR) is 198 cm³/mol. The molecule has 2 atom stereocenters. The number of methoxy groups -OCH3 is 1. The van der Waals surface area contributed by atoms with E-state index in [-0.39, 0.29) is 34.3 Å². The Hall–Kier alpha value is -5.34. The maximum Gasteiger partial charge on any atom is 0.330 e. The third-order valence-electron chi connectivity index (χ3n) is 11.0. The van der Waals surface area contributed by atoms with Crippen molar-refractivity contribution >= 4 is 40.0 Å². The quantitative estimate of drug-likeness (QED) is 0.192. The number of hydrogen-bond donors (Lipinski definition) is 3. The van der Waals surface area contributed by atoms with Crippen molar-refractivity contribution in [2.75, 3.05) is 32.1 Å². The van der Waals surface area contributed by atoms with E-state index in [9.17, 15) is 23.2 Å². The Morgan fingerprint density at radius 1 is 1.04 bits per heavy atom. The van der Waals surface area contributed by atoms with E-state index in [2.05, 4.69) is 31.9 Å². The maximum atomic E-state index is 14.0. The standard InChI is InChI=1S/C38H37ClF2N8O4/c1-19-21(7-6-10-24(19)43-33-30-28(16-26(44-33)32(40)41)47(2)37(52)48(3)35(30)50)22-8-5-9-23(31(22)39)25-15-20-11-12-27(29(20)34(45-25)53-4)49-14-13-38(18-49)17-42-36(51)46-38/h5-10,15-16,27,32H,11-14,17-18H2,1-4H3,(H,43,44)(H2,42,46,51). The first-order valence-electron chi connectivity index (χ1n) is 17.3. The number of urea groups is 1. The molecule has 3 aliphatic rings. The van der Waals surface area contributed by atoms with Gasteiger partial charge < -0.3 is 20.7 Å². The Kier molecular flexibility index (Phi) is 8.49. The van der Waals surface area contributed by atoms with Crippen molar-refractivity contribution in [1.29, 1.82) is 0 Å². The Bertz CT molecular complexity index is 2470. The van der Waals surface area contributed by atoms with Gasteiger partial charge in [-0.1, -0.05) is 41.9 Å². The van der Waals surface area contributed by atoms with E-state index in [0.29, 0.717) is 34.4 Å². The number of rotatable bonds is 7. The van der Waals surface area contributed by atoms with Gasteiger partial charge in [0.15, 0.2) is 0 Å². The Morgan fingerprint density at radius 3 is 2.53 bits per heavy atom. The van der Waals surface area contributed by atoms with E-state index in [1.165, 1.54) is 14.1 Å². The summed E-state index contributed by atoms with van der Waals surface area (Å²) in [6.45, 7) is 4.09. The number of fused-ring (bicyclic) bond motifs is 2. The van der Waals surface area contributed by atoms with Gasteiger partial charge in [-0.05, 0) is 61.1 Å². The number of halogens is 3. The summed E-state index contributed by atoms with van der Waals surface area (Å²) in [5.74, 6) is 0.461. The second-order valence-electron chi connectivity index (χ2n) is 14.0. The first-order chi connectivity index (χ1) is 25.4. The van der Waals surface area contributed by atoms with E-state index in [1.807, 2.05) is 31.2 Å². The summed E-state index contributed by atoms with van der Waals surface area (Å²) in [6, 6.07) is 14.3. The van der Waals surface area contributed by atoms with Crippen LogP contribution in [0.15, 0.2) is 58.1 Å². The van der Waals surface area contributed by atoms with Gasteiger partial charge in [0.25, 0.3) is 12.0 Å². The zero-order valence-corrected chi connectivity index (χ0v) is 30.3. The average molecular weight is 743 g/mol. The molecular weight excluding hydrogens is 706 g/mol. The molecule has 3 aromatic heterocycles. The molecule has 2 aliphatic heterocycles. The van der Waals surface area contributed by atoms with Gasteiger partial charge in [0.05, 0.1) is 28.9 Å². The minimum atomic E-state index is -2.93. The second-order valence-corrected chi connectivity index (χ2v) is 14.4. The number of pyridine rings is 2. The molecule has 274 valence electrons. The molecule has 2 unspecified atom stereocenters. The van der Waals surface area contributed by atoms with Gasteiger partial charge in [-0.15, -0.1) is 0 Å². The van der Waals surface area contributed by atoms with Crippen molar-refractivity contribution in [1.82, 2.24) is 34.6 Å². The van der Waals surface area contributed by atoms with E-state index >= 15 is 0 Å². The molecule has 2 aromatic carbocycles. The van der Waals surface area contributed by atoms with Crippen LogP contribution in [0.3, 0.4) is 0 Å². The summed E-state index contributed by atoms with van der Waals surface area (Å²) in [5.41, 5.74) is 4.25. The smallest absolute Gasteiger partial charge is 0.330 e. The van der Waals surface area contributed by atoms with Crippen molar-refractivity contribution in [2.24, 2.45) is 14.1 Å². The minimum Gasteiger partial charge on any atom is -0.481 e. The van der Waals surface area contributed by atoms with Crippen molar-refractivity contribution in [3.8, 4) is 28.3 Å². The van der Waals surface area contributed by atoms with Crippen LogP contribution in [0.5, 0.6) is 5.88 Å². The highest BCUT2D eigenvalue weighted by molar-refractivity contribution is 6.36. The van der Waals surface area contributed by atoms with Crippen molar-refractivity contribution in [3.63, 3.8) is 0 Å². The molecule has 8 rings (SSSR count). The zero-order chi connectivity index (χ0) is 37.3. The van der Waals surface area contributed by atoms with Gasteiger partial charge in [-0.3, -0.25) is 18.8 Å². The Balaban J connectivity index is 1.15. The fourth-order valence-electron chi connectivity index (χ4n) is 8.18. The highest BCUT2D eigenvalue weighted by Crippen LogP contribution is 2.46. The molecular formula is C38H37ClF2N8O4. The maximum absolute atomic E-state index is 14.0. The van der Waals surface area contributed by atoms with Crippen LogP contribution in [0.25, 0.3) is 33.3 Å². The Labute approximate surface area is 307 Å². The van der Waals surface area contributed by atoms with Gasteiger partial charge in [-0.25, -0.2) is 28.3 Å². The van der Waals surface area contributed by atoms with E-state index in [1.54, 1.807) is 19.2 Å². The molecule has 0 bridgehead atoms. The number of likely N-dealkylation sites (tertiary alicyclic amines) is 1. The fourth-order valence-corrected chi connectivity index (χ4v) is 8.50. The molecule has 12 nitrogen and oxygen atoms in total. The molecule has 2 fully saturated rings. The largest absolute Gasteiger partial charge is 0.481 e. The predicted octanol–water partition coefficient (Wildman–Crippen LogP) is 5.76. The van der Waals surface area contributed by atoms with Crippen LogP contribution < -0.4 is 31.9 Å². The van der Waals surface area contributed by atoms with Crippen LogP contribution in [0, 0.1) is 6.92 Å². The number of amides is 2. The number of ether oxygens (including phenoxy) is 1. The number of hydrogen-bond acceptors (Lipinski definition) is 8. The molecule has 1 spiro atoms. The molecule has 1 aliphatic carbocycles. The van der Waals surface area contributed by atoms with Crippen LogP contribution in [-0.2, 0) is 20.5 Å². The van der Waals surface area contributed by atoms with Gasteiger partial charge in [0.1, 0.15) is 16.9 Å². The SMILES string of the molecule is COc1nc(-c2cccc(-c3cccc(Nc4nc(C(F)F)cc5c4c(=O)n(C)c(=O)n5C)c3C)c2Cl)cc2c1C(N1CCC3(CNC(=O)N3)C1)CC2. The summed E-state index contributed by atoms with van der Waals surface area (Å²) in [5, 5.41) is 9.62. The van der Waals surface area contributed by atoms with Crippen LogP contribution >= 0.6 is 11.6 Å². The lowest BCUT2D eigenvalue weighted by atomic mass is 9.96. The first kappa shape index (κ1) is 34.7. The van der Waals surface area contributed by atoms with Gasteiger partial charge in [0, 0.05) is 62.1 Å². The molecule has 0 saturated carbocycles. The number of aromatic nitrogens is 4. The van der Waals surface area contributed by atoms with E-state index in [0.717, 1.165) is 75.4 Å². The number of benzene rings is 2. The normalized spacial score (nSPS) is 19.6. The van der Waals surface area contributed by atoms with Crippen molar-refractivity contribution in [2.45, 2.75) is 44.2 Å². The summed E-state index contributed by atoms with van der Waals surface area (Å²) in [7, 11) is 4.38. The lowest BCUT2D eigenvalue weighted by Gasteiger charge is -2.28. The summed E-state index contributed by atoms with van der Waals surface area (Å²) in [6.07, 6.45) is -0.306. The fraction of sp³-hybridized carbons (Fsp3) is 0.342. The van der Waals surface area contributed by atoms with Gasteiger partial charge in [0.2, 0.25) is 5.88 Å². The molecule has 0 radical (unpaired) electrons. The van der Waals surface area contributed by atoms with Gasteiger partial charge in [-0.2, -0.15) is 0 Å². The average Bonchev–Trinajstić information content (AvgIpc) is 3.87. The van der Waals surface area contributed by atoms with Crippen LogP contribution in [-0.4, -0.2) is 62.3 Å². The number of aryl methyl sites for hydroxylation is 2. The van der Waals surface area contributed by atoms with Crippen LogP contribution in [0.1, 0.15) is 47.7 Å². The van der Waals surface area contributed by atoms with E-state index in [4.69, 9.17) is 21.3 Å². The highest BCUT2D eigenvalue weighted by Gasteiger charge is 2.47. The topological polar surface area (TPSA) is 135 Å². The lowest BCUT2D eigenvalue weighted by Crippen LogP contribution is -2.46. The second kappa shape index (κ2) is 13.0. The lowest BCUT2D eigenvalue weighted by molar-refractivity contribution is 0.146. The number of nitrogens with one attached hydrogen (secondary N) is 3. The summed E-state index contributed by atoms with van der Waals surface area (Å²) >= 11 is 7.20. The first-order valence-corrected chi connectivity index (χ1v) is 17.7.